The lowest BCUT2D eigenvalue weighted by molar-refractivity contribution is 0.572. The van der Waals surface area contributed by atoms with Crippen LogP contribution in [0.25, 0.3) is 11.4 Å². The Morgan fingerprint density at radius 1 is 1.10 bits per heavy atom. The van der Waals surface area contributed by atoms with Crippen LogP contribution in [0.5, 0.6) is 0 Å². The summed E-state index contributed by atoms with van der Waals surface area (Å²) >= 11 is 3.42. The fourth-order valence-electron chi connectivity index (χ4n) is 1.85. The molecule has 2 aromatic carbocycles. The summed E-state index contributed by atoms with van der Waals surface area (Å²) in [7, 11) is 0. The van der Waals surface area contributed by atoms with E-state index in [1.54, 1.807) is 12.1 Å². The number of nitrogens with zero attached hydrogens (tertiary/aromatic N) is 4. The number of aromatic nitrogens is 4. The van der Waals surface area contributed by atoms with Crippen LogP contribution in [-0.4, -0.2) is 20.2 Å². The first-order chi connectivity index (χ1) is 9.70. The molecule has 6 heteroatoms. The predicted molar refractivity (Wildman–Crippen MR) is 76.5 cm³/mol. The van der Waals surface area contributed by atoms with Crippen molar-refractivity contribution in [3.05, 3.63) is 64.4 Å². The number of hydrogen-bond acceptors (Lipinski definition) is 3. The van der Waals surface area contributed by atoms with E-state index in [1.807, 2.05) is 24.3 Å². The van der Waals surface area contributed by atoms with E-state index in [4.69, 9.17) is 0 Å². The van der Waals surface area contributed by atoms with Crippen molar-refractivity contribution >= 4 is 15.9 Å². The summed E-state index contributed by atoms with van der Waals surface area (Å²) < 4.78 is 14.2. The highest BCUT2D eigenvalue weighted by molar-refractivity contribution is 9.10. The molecular formula is C14H10BrFN4. The molecule has 0 aliphatic heterocycles. The van der Waals surface area contributed by atoms with E-state index in [-0.39, 0.29) is 5.82 Å². The van der Waals surface area contributed by atoms with Gasteiger partial charge in [-0.05, 0) is 35.0 Å². The lowest BCUT2D eigenvalue weighted by atomic mass is 10.2. The maximum atomic E-state index is 13.2. The average molecular weight is 333 g/mol. The van der Waals surface area contributed by atoms with E-state index in [2.05, 4.69) is 31.3 Å². The molecule has 100 valence electrons. The molecule has 1 aromatic heterocycles. The summed E-state index contributed by atoms with van der Waals surface area (Å²) in [5.74, 6) is 0.102. The Morgan fingerprint density at radius 3 is 2.75 bits per heavy atom. The molecule has 0 saturated carbocycles. The van der Waals surface area contributed by atoms with Crippen LogP contribution in [0.15, 0.2) is 53.0 Å². The third kappa shape index (κ3) is 2.91. The van der Waals surface area contributed by atoms with Crippen LogP contribution in [0.4, 0.5) is 4.39 Å². The molecule has 0 radical (unpaired) electrons. The highest BCUT2D eigenvalue weighted by Crippen LogP contribution is 2.15. The monoisotopic (exact) mass is 332 g/mol. The fourth-order valence-corrected chi connectivity index (χ4v) is 2.30. The minimum atomic E-state index is -0.314. The molecule has 0 aliphatic rings. The Bertz CT molecular complexity index is 741. The van der Waals surface area contributed by atoms with Gasteiger partial charge in [0.05, 0.1) is 6.54 Å². The molecule has 0 atom stereocenters. The number of halogens is 2. The summed E-state index contributed by atoms with van der Waals surface area (Å²) in [6.07, 6.45) is 0. The van der Waals surface area contributed by atoms with Crippen molar-refractivity contribution in [1.29, 1.82) is 0 Å². The Labute approximate surface area is 123 Å². The molecule has 0 N–H and O–H groups in total. The molecule has 20 heavy (non-hydrogen) atoms. The SMILES string of the molecule is Fc1cccc(-c2nnn(Cc3cccc(Br)c3)n2)c1. The van der Waals surface area contributed by atoms with Gasteiger partial charge in [0.2, 0.25) is 5.82 Å². The second kappa shape index (κ2) is 5.50. The summed E-state index contributed by atoms with van der Waals surface area (Å²) in [5, 5.41) is 12.2. The minimum absolute atomic E-state index is 0.314. The molecule has 0 bridgehead atoms. The fraction of sp³-hybridized carbons (Fsp3) is 0.0714. The molecular weight excluding hydrogens is 323 g/mol. The van der Waals surface area contributed by atoms with Crippen molar-refractivity contribution < 1.29 is 4.39 Å². The smallest absolute Gasteiger partial charge is 0.205 e. The van der Waals surface area contributed by atoms with E-state index >= 15 is 0 Å². The molecule has 0 amide bonds. The molecule has 0 spiro atoms. The Kier molecular flexibility index (Phi) is 3.56. The standard InChI is InChI=1S/C14H10BrFN4/c15-12-5-1-3-10(7-12)9-20-18-14(17-19-20)11-4-2-6-13(16)8-11/h1-8H,9H2. The second-order valence-corrected chi connectivity index (χ2v) is 5.20. The van der Waals surface area contributed by atoms with Crippen LogP contribution in [0.1, 0.15) is 5.56 Å². The van der Waals surface area contributed by atoms with Gasteiger partial charge in [-0.15, -0.1) is 10.2 Å². The van der Waals surface area contributed by atoms with Gasteiger partial charge >= 0.3 is 0 Å². The average Bonchev–Trinajstić information content (AvgIpc) is 2.87. The topological polar surface area (TPSA) is 43.6 Å². The van der Waals surface area contributed by atoms with Gasteiger partial charge in [0, 0.05) is 10.0 Å². The predicted octanol–water partition coefficient (Wildman–Crippen LogP) is 3.29. The van der Waals surface area contributed by atoms with Crippen LogP contribution in [0.3, 0.4) is 0 Å². The lowest BCUT2D eigenvalue weighted by Crippen LogP contribution is -2.03. The van der Waals surface area contributed by atoms with E-state index in [1.165, 1.54) is 16.9 Å². The van der Waals surface area contributed by atoms with Gasteiger partial charge < -0.3 is 0 Å². The Balaban J connectivity index is 1.84. The number of hydrogen-bond donors (Lipinski definition) is 0. The summed E-state index contributed by atoms with van der Waals surface area (Å²) in [6, 6.07) is 14.0. The molecule has 3 aromatic rings. The van der Waals surface area contributed by atoms with Gasteiger partial charge in [0.25, 0.3) is 0 Å². The highest BCUT2D eigenvalue weighted by atomic mass is 79.9. The number of benzene rings is 2. The molecule has 0 saturated heterocycles. The van der Waals surface area contributed by atoms with E-state index in [0.29, 0.717) is 17.9 Å². The van der Waals surface area contributed by atoms with Crippen molar-refractivity contribution in [1.82, 2.24) is 20.2 Å². The molecule has 1 heterocycles. The van der Waals surface area contributed by atoms with E-state index in [0.717, 1.165) is 10.0 Å². The van der Waals surface area contributed by atoms with Crippen molar-refractivity contribution in [3.63, 3.8) is 0 Å². The third-order valence-electron chi connectivity index (χ3n) is 2.75. The highest BCUT2D eigenvalue weighted by Gasteiger charge is 2.07. The van der Waals surface area contributed by atoms with Crippen LogP contribution < -0.4 is 0 Å². The Morgan fingerprint density at radius 2 is 1.95 bits per heavy atom. The van der Waals surface area contributed by atoms with Gasteiger partial charge in [-0.3, -0.25) is 0 Å². The van der Waals surface area contributed by atoms with Crippen LogP contribution in [0.2, 0.25) is 0 Å². The third-order valence-corrected chi connectivity index (χ3v) is 3.24. The molecule has 0 fully saturated rings. The zero-order chi connectivity index (χ0) is 13.9. The molecule has 3 rings (SSSR count). The second-order valence-electron chi connectivity index (χ2n) is 4.28. The number of rotatable bonds is 3. The van der Waals surface area contributed by atoms with E-state index < -0.39 is 0 Å². The van der Waals surface area contributed by atoms with E-state index in [9.17, 15) is 4.39 Å². The van der Waals surface area contributed by atoms with Gasteiger partial charge in [-0.1, -0.05) is 40.2 Å². The van der Waals surface area contributed by atoms with Crippen LogP contribution in [-0.2, 0) is 6.54 Å². The van der Waals surface area contributed by atoms with Crippen molar-refractivity contribution in [3.8, 4) is 11.4 Å². The normalized spacial score (nSPS) is 10.7. The van der Waals surface area contributed by atoms with Gasteiger partial charge in [0.1, 0.15) is 5.82 Å². The molecule has 4 nitrogen and oxygen atoms in total. The zero-order valence-corrected chi connectivity index (χ0v) is 12.0. The Hall–Kier alpha value is -2.08. The maximum Gasteiger partial charge on any atom is 0.205 e. The quantitative estimate of drug-likeness (QED) is 0.739. The largest absolute Gasteiger partial charge is 0.207 e. The first-order valence-corrected chi connectivity index (χ1v) is 6.78. The lowest BCUT2D eigenvalue weighted by Gasteiger charge is -2.00. The van der Waals surface area contributed by atoms with Gasteiger partial charge in [0.15, 0.2) is 0 Å². The molecule has 0 aliphatic carbocycles. The van der Waals surface area contributed by atoms with Crippen molar-refractivity contribution in [2.45, 2.75) is 6.54 Å². The zero-order valence-electron chi connectivity index (χ0n) is 10.4. The van der Waals surface area contributed by atoms with Gasteiger partial charge in [-0.2, -0.15) is 4.80 Å². The first kappa shape index (κ1) is 12.9. The number of tetrazole rings is 1. The van der Waals surface area contributed by atoms with Crippen LogP contribution in [0, 0.1) is 5.82 Å². The molecule has 0 unspecified atom stereocenters. The summed E-state index contributed by atoms with van der Waals surface area (Å²) in [6.45, 7) is 0.516. The summed E-state index contributed by atoms with van der Waals surface area (Å²) in [5.41, 5.74) is 1.67. The first-order valence-electron chi connectivity index (χ1n) is 5.99. The maximum absolute atomic E-state index is 13.2. The van der Waals surface area contributed by atoms with Crippen LogP contribution >= 0.6 is 15.9 Å². The minimum Gasteiger partial charge on any atom is -0.207 e. The van der Waals surface area contributed by atoms with Crippen molar-refractivity contribution in [2.24, 2.45) is 0 Å². The summed E-state index contributed by atoms with van der Waals surface area (Å²) in [4.78, 5) is 1.49. The van der Waals surface area contributed by atoms with Crippen molar-refractivity contribution in [2.75, 3.05) is 0 Å². The van der Waals surface area contributed by atoms with Gasteiger partial charge in [-0.25, -0.2) is 4.39 Å².